The van der Waals surface area contributed by atoms with Crippen molar-refractivity contribution in [2.24, 2.45) is 0 Å². The van der Waals surface area contributed by atoms with Crippen molar-refractivity contribution in [2.75, 3.05) is 26.4 Å². The molecule has 0 heterocycles. The number of nitrogen functional groups attached to an aromatic ring is 1. The summed E-state index contributed by atoms with van der Waals surface area (Å²) in [4.78, 5) is 2.15. The highest BCUT2D eigenvalue weighted by atomic mass is 16.5. The first kappa shape index (κ1) is 14.2. The van der Waals surface area contributed by atoms with Crippen LogP contribution in [0.15, 0.2) is 18.2 Å². The maximum absolute atomic E-state index is 10.4. The third-order valence-corrected chi connectivity index (χ3v) is 3.85. The van der Waals surface area contributed by atoms with Gasteiger partial charge in [-0.1, -0.05) is 18.9 Å². The van der Waals surface area contributed by atoms with E-state index in [1.165, 1.54) is 0 Å². The molecule has 4 nitrogen and oxygen atoms in total. The van der Waals surface area contributed by atoms with Crippen LogP contribution < -0.4 is 10.5 Å². The summed E-state index contributed by atoms with van der Waals surface area (Å²) in [5.74, 6) is 0.810. The van der Waals surface area contributed by atoms with Crippen LogP contribution >= 0.6 is 0 Å². The Morgan fingerprint density at radius 1 is 1.37 bits per heavy atom. The molecule has 1 aliphatic rings. The molecule has 4 heteroatoms. The molecule has 0 unspecified atom stereocenters. The first-order valence-corrected chi connectivity index (χ1v) is 6.86. The zero-order valence-electron chi connectivity index (χ0n) is 11.9. The second-order valence-electron chi connectivity index (χ2n) is 5.68. The maximum Gasteiger partial charge on any atom is 0.125 e. The van der Waals surface area contributed by atoms with Gasteiger partial charge in [0.1, 0.15) is 5.75 Å². The Balaban J connectivity index is 2.00. The normalized spacial score (nSPS) is 17.9. The summed E-state index contributed by atoms with van der Waals surface area (Å²) >= 11 is 0. The van der Waals surface area contributed by atoms with Gasteiger partial charge < -0.3 is 15.6 Å². The molecular formula is C15H24N2O2. The average Bonchev–Trinajstić information content (AvgIpc) is 2.77. The molecule has 106 valence electrons. The lowest BCUT2D eigenvalue weighted by Gasteiger charge is -2.29. The summed E-state index contributed by atoms with van der Waals surface area (Å²) in [5, 5.41) is 10.4. The van der Waals surface area contributed by atoms with E-state index in [1.54, 1.807) is 7.11 Å². The number of hydrogen-bond acceptors (Lipinski definition) is 4. The topological polar surface area (TPSA) is 58.7 Å². The fourth-order valence-electron chi connectivity index (χ4n) is 2.93. The van der Waals surface area contributed by atoms with E-state index < -0.39 is 5.60 Å². The Morgan fingerprint density at radius 2 is 2.05 bits per heavy atom. The molecule has 0 radical (unpaired) electrons. The van der Waals surface area contributed by atoms with Crippen LogP contribution in [0, 0.1) is 0 Å². The van der Waals surface area contributed by atoms with E-state index in [0.29, 0.717) is 12.2 Å². The van der Waals surface area contributed by atoms with Gasteiger partial charge in [-0.05, 0) is 26.0 Å². The smallest absolute Gasteiger partial charge is 0.125 e. The summed E-state index contributed by atoms with van der Waals surface area (Å²) in [7, 11) is 3.69. The highest BCUT2D eigenvalue weighted by Gasteiger charge is 2.32. The summed E-state index contributed by atoms with van der Waals surface area (Å²) in [6.45, 7) is 1.46. The second-order valence-corrected chi connectivity index (χ2v) is 5.68. The Morgan fingerprint density at radius 3 is 2.68 bits per heavy atom. The molecule has 0 atom stereocenters. The lowest BCUT2D eigenvalue weighted by atomic mass is 10.0. The van der Waals surface area contributed by atoms with Crippen LogP contribution in [0.5, 0.6) is 5.75 Å². The molecule has 0 aliphatic heterocycles. The fraction of sp³-hybridized carbons (Fsp3) is 0.600. The van der Waals surface area contributed by atoms with E-state index in [1.807, 2.05) is 25.2 Å². The zero-order chi connectivity index (χ0) is 13.9. The van der Waals surface area contributed by atoms with E-state index in [4.69, 9.17) is 10.5 Å². The van der Waals surface area contributed by atoms with Crippen molar-refractivity contribution in [1.82, 2.24) is 4.90 Å². The van der Waals surface area contributed by atoms with Gasteiger partial charge in [0.25, 0.3) is 0 Å². The number of nitrogens with zero attached hydrogens (tertiary/aromatic N) is 1. The second kappa shape index (κ2) is 5.80. The molecule has 19 heavy (non-hydrogen) atoms. The molecule has 0 spiro atoms. The van der Waals surface area contributed by atoms with Crippen LogP contribution in [-0.4, -0.2) is 36.3 Å². The lowest BCUT2D eigenvalue weighted by molar-refractivity contribution is 0.0144. The first-order chi connectivity index (χ1) is 9.02. The Labute approximate surface area is 115 Å². The van der Waals surface area contributed by atoms with Gasteiger partial charge in [0.05, 0.1) is 12.7 Å². The highest BCUT2D eigenvalue weighted by molar-refractivity contribution is 5.48. The highest BCUT2D eigenvalue weighted by Crippen LogP contribution is 2.31. The Kier molecular flexibility index (Phi) is 4.32. The summed E-state index contributed by atoms with van der Waals surface area (Å²) < 4.78 is 5.35. The van der Waals surface area contributed by atoms with Crippen LogP contribution in [0.25, 0.3) is 0 Å². The largest absolute Gasteiger partial charge is 0.496 e. The van der Waals surface area contributed by atoms with Crippen LogP contribution in [0.3, 0.4) is 0 Å². The number of anilines is 1. The Hall–Kier alpha value is -1.26. The van der Waals surface area contributed by atoms with Gasteiger partial charge >= 0.3 is 0 Å². The first-order valence-electron chi connectivity index (χ1n) is 6.86. The number of rotatable bonds is 5. The van der Waals surface area contributed by atoms with Crippen molar-refractivity contribution in [1.29, 1.82) is 0 Å². The summed E-state index contributed by atoms with van der Waals surface area (Å²) in [6, 6.07) is 5.72. The van der Waals surface area contributed by atoms with Crippen molar-refractivity contribution in [3.8, 4) is 5.75 Å². The number of likely N-dealkylation sites (N-methyl/N-ethyl adjacent to an activating group) is 1. The van der Waals surface area contributed by atoms with Gasteiger partial charge in [0, 0.05) is 30.4 Å². The third kappa shape index (κ3) is 3.61. The van der Waals surface area contributed by atoms with Gasteiger partial charge in [0.2, 0.25) is 0 Å². The molecule has 1 fully saturated rings. The number of aliphatic hydroxyl groups is 1. The van der Waals surface area contributed by atoms with E-state index in [-0.39, 0.29) is 0 Å². The van der Waals surface area contributed by atoms with Crippen LogP contribution in [-0.2, 0) is 6.54 Å². The van der Waals surface area contributed by atoms with E-state index in [0.717, 1.165) is 43.5 Å². The van der Waals surface area contributed by atoms with Crippen molar-refractivity contribution >= 4 is 5.69 Å². The molecule has 2 rings (SSSR count). The van der Waals surface area contributed by atoms with Gasteiger partial charge in [-0.25, -0.2) is 0 Å². The van der Waals surface area contributed by atoms with Crippen LogP contribution in [0.2, 0.25) is 0 Å². The Bertz CT molecular complexity index is 428. The minimum atomic E-state index is -0.504. The van der Waals surface area contributed by atoms with Crippen LogP contribution in [0.4, 0.5) is 5.69 Å². The molecule has 0 bridgehead atoms. The number of nitrogens with two attached hydrogens (primary N) is 1. The fourth-order valence-corrected chi connectivity index (χ4v) is 2.93. The van der Waals surface area contributed by atoms with Crippen molar-refractivity contribution in [3.63, 3.8) is 0 Å². The van der Waals surface area contributed by atoms with E-state index in [9.17, 15) is 5.11 Å². The molecule has 1 aromatic rings. The molecule has 0 aromatic heterocycles. The average molecular weight is 264 g/mol. The van der Waals surface area contributed by atoms with Crippen molar-refractivity contribution in [3.05, 3.63) is 23.8 Å². The monoisotopic (exact) mass is 264 g/mol. The molecular weight excluding hydrogens is 240 g/mol. The number of ether oxygens (including phenoxy) is 1. The summed E-state index contributed by atoms with van der Waals surface area (Å²) in [5.41, 5.74) is 7.05. The lowest BCUT2D eigenvalue weighted by Crippen LogP contribution is -2.38. The van der Waals surface area contributed by atoms with E-state index in [2.05, 4.69) is 4.90 Å². The van der Waals surface area contributed by atoms with Gasteiger partial charge in [-0.2, -0.15) is 0 Å². The summed E-state index contributed by atoms with van der Waals surface area (Å²) in [6.07, 6.45) is 4.09. The number of methoxy groups -OCH3 is 1. The minimum Gasteiger partial charge on any atom is -0.496 e. The third-order valence-electron chi connectivity index (χ3n) is 3.85. The van der Waals surface area contributed by atoms with Gasteiger partial charge in [-0.15, -0.1) is 0 Å². The van der Waals surface area contributed by atoms with Crippen molar-refractivity contribution in [2.45, 2.75) is 37.8 Å². The number of hydrogen-bond donors (Lipinski definition) is 2. The minimum absolute atomic E-state index is 0.504. The molecule has 1 saturated carbocycles. The van der Waals surface area contributed by atoms with Gasteiger partial charge in [0.15, 0.2) is 0 Å². The standard InChI is InChI=1S/C15H24N2O2/c1-17(11-15(18)7-3-4-8-15)10-12-5-6-13(16)9-14(12)19-2/h5-6,9,18H,3-4,7-8,10-11,16H2,1-2H3. The maximum atomic E-state index is 10.4. The molecule has 0 saturated heterocycles. The zero-order valence-corrected chi connectivity index (χ0v) is 11.9. The molecule has 0 amide bonds. The molecule has 1 aromatic carbocycles. The van der Waals surface area contributed by atoms with Gasteiger partial charge in [-0.3, -0.25) is 4.90 Å². The SMILES string of the molecule is COc1cc(N)ccc1CN(C)CC1(O)CCCC1. The van der Waals surface area contributed by atoms with E-state index >= 15 is 0 Å². The van der Waals surface area contributed by atoms with Crippen molar-refractivity contribution < 1.29 is 9.84 Å². The molecule has 1 aliphatic carbocycles. The number of benzene rings is 1. The van der Waals surface area contributed by atoms with Crippen LogP contribution in [0.1, 0.15) is 31.2 Å². The molecule has 3 N–H and O–H groups in total. The predicted octanol–water partition coefficient (Wildman–Crippen LogP) is 2.01. The predicted molar refractivity (Wildman–Crippen MR) is 77.2 cm³/mol. The quantitative estimate of drug-likeness (QED) is 0.799.